The van der Waals surface area contributed by atoms with Gasteiger partial charge in [0, 0.05) is 41.9 Å². The van der Waals surface area contributed by atoms with E-state index in [-0.39, 0.29) is 5.95 Å². The van der Waals surface area contributed by atoms with E-state index in [0.29, 0.717) is 0 Å². The summed E-state index contributed by atoms with van der Waals surface area (Å²) in [5.74, 6) is 0.251. The zero-order valence-electron chi connectivity index (χ0n) is 11.6. The van der Waals surface area contributed by atoms with Crippen LogP contribution in [0.15, 0.2) is 55.2 Å². The van der Waals surface area contributed by atoms with Crippen LogP contribution in [0.25, 0.3) is 33.4 Å². The van der Waals surface area contributed by atoms with Gasteiger partial charge in [0.25, 0.3) is 0 Å². The highest BCUT2D eigenvalue weighted by atomic mass is 15.0. The number of hydrogen-bond acceptors (Lipinski definition) is 5. The third-order valence-electron chi connectivity index (χ3n) is 3.52. The van der Waals surface area contributed by atoms with E-state index in [0.717, 1.165) is 33.4 Å². The van der Waals surface area contributed by atoms with Gasteiger partial charge in [0.2, 0.25) is 5.95 Å². The number of aromatic amines is 1. The Morgan fingerprint density at radius 1 is 0.864 bits per heavy atom. The lowest BCUT2D eigenvalue weighted by Gasteiger charge is -2.06. The largest absolute Gasteiger partial charge is 0.368 e. The zero-order valence-corrected chi connectivity index (χ0v) is 11.6. The van der Waals surface area contributed by atoms with Crippen molar-refractivity contribution in [2.75, 3.05) is 5.73 Å². The van der Waals surface area contributed by atoms with Crippen LogP contribution in [-0.4, -0.2) is 24.9 Å². The topological polar surface area (TPSA) is 93.4 Å². The first-order valence-electron chi connectivity index (χ1n) is 6.78. The zero-order chi connectivity index (χ0) is 14.9. The molecular formula is C16H12N6. The molecule has 0 aromatic carbocycles. The van der Waals surface area contributed by atoms with Gasteiger partial charge < -0.3 is 10.7 Å². The average molecular weight is 288 g/mol. The summed E-state index contributed by atoms with van der Waals surface area (Å²) in [6.07, 6.45) is 8.88. The van der Waals surface area contributed by atoms with Gasteiger partial charge in [-0.25, -0.2) is 15.0 Å². The Bertz CT molecular complexity index is 945. The fourth-order valence-corrected chi connectivity index (χ4v) is 2.55. The number of nitrogens with one attached hydrogen (secondary N) is 1. The molecule has 0 aliphatic carbocycles. The van der Waals surface area contributed by atoms with Gasteiger partial charge in [-0.2, -0.15) is 0 Å². The number of rotatable bonds is 2. The van der Waals surface area contributed by atoms with Gasteiger partial charge in [-0.3, -0.25) is 4.98 Å². The molecule has 0 aliphatic rings. The third-order valence-corrected chi connectivity index (χ3v) is 3.52. The van der Waals surface area contributed by atoms with Crippen molar-refractivity contribution in [1.29, 1.82) is 0 Å². The Morgan fingerprint density at radius 2 is 1.68 bits per heavy atom. The van der Waals surface area contributed by atoms with Crippen LogP contribution in [-0.2, 0) is 0 Å². The molecule has 6 heteroatoms. The van der Waals surface area contributed by atoms with Gasteiger partial charge in [0.05, 0.1) is 5.69 Å². The van der Waals surface area contributed by atoms with Crippen molar-refractivity contribution in [2.45, 2.75) is 0 Å². The molecule has 0 saturated carbocycles. The highest BCUT2D eigenvalue weighted by molar-refractivity contribution is 6.03. The lowest BCUT2D eigenvalue weighted by atomic mass is 10.0. The third kappa shape index (κ3) is 1.98. The van der Waals surface area contributed by atoms with Crippen molar-refractivity contribution < 1.29 is 0 Å². The van der Waals surface area contributed by atoms with Gasteiger partial charge >= 0.3 is 0 Å². The van der Waals surface area contributed by atoms with E-state index in [4.69, 9.17) is 5.73 Å². The maximum Gasteiger partial charge on any atom is 0.220 e. The van der Waals surface area contributed by atoms with Crippen LogP contribution < -0.4 is 5.73 Å². The molecule has 0 spiro atoms. The van der Waals surface area contributed by atoms with Crippen LogP contribution in [0.4, 0.5) is 5.95 Å². The summed E-state index contributed by atoms with van der Waals surface area (Å²) in [6, 6.07) is 7.77. The van der Waals surface area contributed by atoms with Gasteiger partial charge in [-0.05, 0) is 35.4 Å². The lowest BCUT2D eigenvalue weighted by Crippen LogP contribution is -1.95. The lowest BCUT2D eigenvalue weighted by molar-refractivity contribution is 1.19. The first-order valence-corrected chi connectivity index (χ1v) is 6.78. The SMILES string of the molecule is Nc1nccc(-c2c[nH]c3nccc(-c4ccncc4)c23)n1. The normalized spacial score (nSPS) is 10.9. The second kappa shape index (κ2) is 4.92. The predicted molar refractivity (Wildman–Crippen MR) is 84.8 cm³/mol. The Labute approximate surface area is 126 Å². The molecule has 0 radical (unpaired) electrons. The van der Waals surface area contributed by atoms with Crippen molar-refractivity contribution in [1.82, 2.24) is 24.9 Å². The molecule has 4 heterocycles. The van der Waals surface area contributed by atoms with E-state index in [2.05, 4.69) is 24.9 Å². The Kier molecular flexibility index (Phi) is 2.79. The van der Waals surface area contributed by atoms with Crippen LogP contribution in [0.1, 0.15) is 0 Å². The average Bonchev–Trinajstić information content (AvgIpc) is 3.00. The summed E-state index contributed by atoms with van der Waals surface area (Å²) in [5, 5.41) is 1.01. The molecule has 0 amide bonds. The molecule has 4 aromatic rings. The molecule has 22 heavy (non-hydrogen) atoms. The first-order chi connectivity index (χ1) is 10.8. The molecule has 6 nitrogen and oxygen atoms in total. The highest BCUT2D eigenvalue weighted by Crippen LogP contribution is 2.34. The molecule has 4 rings (SSSR count). The Morgan fingerprint density at radius 3 is 2.50 bits per heavy atom. The Hall–Kier alpha value is -3.28. The summed E-state index contributed by atoms with van der Waals surface area (Å²) in [5.41, 5.74) is 10.4. The van der Waals surface area contributed by atoms with Gasteiger partial charge in [0.15, 0.2) is 0 Å². The van der Waals surface area contributed by atoms with E-state index in [1.807, 2.05) is 30.5 Å². The van der Waals surface area contributed by atoms with E-state index in [9.17, 15) is 0 Å². The summed E-state index contributed by atoms with van der Waals surface area (Å²) in [6.45, 7) is 0. The van der Waals surface area contributed by atoms with Crippen LogP contribution in [0, 0.1) is 0 Å². The second-order valence-electron chi connectivity index (χ2n) is 4.82. The smallest absolute Gasteiger partial charge is 0.220 e. The maximum absolute atomic E-state index is 5.70. The number of aromatic nitrogens is 5. The van der Waals surface area contributed by atoms with E-state index >= 15 is 0 Å². The second-order valence-corrected chi connectivity index (χ2v) is 4.82. The quantitative estimate of drug-likeness (QED) is 0.591. The molecular weight excluding hydrogens is 276 g/mol. The fraction of sp³-hybridized carbons (Fsp3) is 0. The standard InChI is InChI=1S/C16H12N6/c17-16-20-8-4-13(22-16)12-9-21-15-14(12)11(3-7-19-15)10-1-5-18-6-2-10/h1-9H,(H,19,21)(H2,17,20,22). The number of anilines is 1. The van der Waals surface area contributed by atoms with Gasteiger partial charge in [-0.15, -0.1) is 0 Å². The van der Waals surface area contributed by atoms with Crippen molar-refractivity contribution in [3.05, 3.63) is 55.2 Å². The highest BCUT2D eigenvalue weighted by Gasteiger charge is 2.13. The summed E-state index contributed by atoms with van der Waals surface area (Å²) in [7, 11) is 0. The van der Waals surface area contributed by atoms with Crippen LogP contribution in [0.5, 0.6) is 0 Å². The van der Waals surface area contributed by atoms with E-state index < -0.39 is 0 Å². The van der Waals surface area contributed by atoms with Crippen molar-refractivity contribution in [2.24, 2.45) is 0 Å². The van der Waals surface area contributed by atoms with Crippen molar-refractivity contribution >= 4 is 17.0 Å². The summed E-state index contributed by atoms with van der Waals surface area (Å²) >= 11 is 0. The number of nitrogens with two attached hydrogens (primary N) is 1. The maximum atomic E-state index is 5.70. The van der Waals surface area contributed by atoms with E-state index in [1.54, 1.807) is 24.8 Å². The number of hydrogen-bond donors (Lipinski definition) is 2. The molecule has 3 N–H and O–H groups in total. The number of nitrogens with zero attached hydrogens (tertiary/aromatic N) is 4. The number of H-pyrrole nitrogens is 1. The number of pyridine rings is 2. The molecule has 106 valence electrons. The van der Waals surface area contributed by atoms with Crippen LogP contribution >= 0.6 is 0 Å². The minimum Gasteiger partial charge on any atom is -0.368 e. The van der Waals surface area contributed by atoms with Gasteiger partial charge in [0.1, 0.15) is 5.65 Å². The molecule has 0 bridgehead atoms. The van der Waals surface area contributed by atoms with Crippen LogP contribution in [0.2, 0.25) is 0 Å². The minimum atomic E-state index is 0.251. The predicted octanol–water partition coefficient (Wildman–Crippen LogP) is 2.66. The minimum absolute atomic E-state index is 0.251. The Balaban J connectivity index is 2.02. The van der Waals surface area contributed by atoms with Crippen molar-refractivity contribution in [3.8, 4) is 22.4 Å². The van der Waals surface area contributed by atoms with Crippen molar-refractivity contribution in [3.63, 3.8) is 0 Å². The monoisotopic (exact) mass is 288 g/mol. The van der Waals surface area contributed by atoms with Gasteiger partial charge in [-0.1, -0.05) is 0 Å². The fourth-order valence-electron chi connectivity index (χ4n) is 2.55. The van der Waals surface area contributed by atoms with E-state index in [1.165, 1.54) is 0 Å². The summed E-state index contributed by atoms with van der Waals surface area (Å²) < 4.78 is 0. The van der Waals surface area contributed by atoms with Crippen LogP contribution in [0.3, 0.4) is 0 Å². The number of nitrogen functional groups attached to an aromatic ring is 1. The molecule has 4 aromatic heterocycles. The number of fused-ring (bicyclic) bond motifs is 1. The summed E-state index contributed by atoms with van der Waals surface area (Å²) in [4.78, 5) is 19.9. The molecule has 0 aliphatic heterocycles. The molecule has 0 fully saturated rings. The molecule has 0 atom stereocenters. The molecule has 0 saturated heterocycles. The first kappa shape index (κ1) is 12.5. The molecule has 0 unspecified atom stereocenters.